The highest BCUT2D eigenvalue weighted by atomic mass is 16.2. The lowest BCUT2D eigenvalue weighted by Crippen LogP contribution is -2.46. The van der Waals surface area contributed by atoms with Crippen LogP contribution in [0.3, 0.4) is 0 Å². The maximum atomic E-state index is 12.5. The highest BCUT2D eigenvalue weighted by Crippen LogP contribution is 2.26. The molecule has 1 aliphatic heterocycles. The number of pyridine rings is 1. The van der Waals surface area contributed by atoms with Crippen LogP contribution in [0.5, 0.6) is 0 Å². The van der Waals surface area contributed by atoms with Gasteiger partial charge in [0.1, 0.15) is 0 Å². The van der Waals surface area contributed by atoms with Crippen molar-refractivity contribution in [3.8, 4) is 0 Å². The van der Waals surface area contributed by atoms with E-state index in [0.717, 1.165) is 12.8 Å². The zero-order chi connectivity index (χ0) is 16.1. The fourth-order valence-corrected chi connectivity index (χ4v) is 3.02. The second-order valence-electron chi connectivity index (χ2n) is 5.57. The van der Waals surface area contributed by atoms with Crippen LogP contribution in [0.4, 0.5) is 0 Å². The molecule has 1 aromatic heterocycles. The van der Waals surface area contributed by atoms with Gasteiger partial charge >= 0.3 is 0 Å². The molecule has 1 fully saturated rings. The van der Waals surface area contributed by atoms with Gasteiger partial charge in [0.25, 0.3) is 5.56 Å². The molecule has 7 heteroatoms. The first-order valence-electron chi connectivity index (χ1n) is 7.48. The van der Waals surface area contributed by atoms with Gasteiger partial charge < -0.3 is 20.9 Å². The number of aromatic nitrogens is 1. The van der Waals surface area contributed by atoms with Crippen molar-refractivity contribution in [2.45, 2.75) is 44.3 Å². The van der Waals surface area contributed by atoms with Crippen molar-refractivity contribution in [2.75, 3.05) is 6.54 Å². The van der Waals surface area contributed by atoms with Gasteiger partial charge in [-0.1, -0.05) is 6.07 Å². The van der Waals surface area contributed by atoms with Crippen molar-refractivity contribution in [1.29, 1.82) is 0 Å². The quantitative estimate of drug-likeness (QED) is 0.733. The molecule has 120 valence electrons. The predicted octanol–water partition coefficient (Wildman–Crippen LogP) is -0.568. The van der Waals surface area contributed by atoms with Gasteiger partial charge in [0.05, 0.1) is 0 Å². The van der Waals surface area contributed by atoms with Gasteiger partial charge in [-0.25, -0.2) is 0 Å². The zero-order valence-corrected chi connectivity index (χ0v) is 12.5. The summed E-state index contributed by atoms with van der Waals surface area (Å²) in [5, 5.41) is 0. The molecule has 22 heavy (non-hydrogen) atoms. The summed E-state index contributed by atoms with van der Waals surface area (Å²) in [6.07, 6.45) is 3.54. The molecule has 4 N–H and O–H groups in total. The largest absolute Gasteiger partial charge is 0.370 e. The molecule has 0 saturated carbocycles. The van der Waals surface area contributed by atoms with E-state index in [0.29, 0.717) is 13.1 Å². The van der Waals surface area contributed by atoms with Crippen LogP contribution in [-0.2, 0) is 16.1 Å². The number of aryl methyl sites for hydroxylation is 1. The molecule has 0 unspecified atom stereocenters. The van der Waals surface area contributed by atoms with E-state index in [1.54, 1.807) is 23.2 Å². The highest BCUT2D eigenvalue weighted by Gasteiger charge is 2.36. The van der Waals surface area contributed by atoms with E-state index < -0.39 is 5.91 Å². The van der Waals surface area contributed by atoms with Crippen molar-refractivity contribution in [2.24, 2.45) is 11.5 Å². The molecule has 0 radical (unpaired) electrons. The third kappa shape index (κ3) is 3.73. The van der Waals surface area contributed by atoms with Crippen LogP contribution >= 0.6 is 0 Å². The normalized spacial score (nSPS) is 21.0. The number of carbonyl (C=O) groups is 2. The molecule has 1 aromatic rings. The van der Waals surface area contributed by atoms with Crippen molar-refractivity contribution < 1.29 is 9.59 Å². The average molecular weight is 306 g/mol. The monoisotopic (exact) mass is 306 g/mol. The van der Waals surface area contributed by atoms with Crippen LogP contribution < -0.4 is 17.0 Å². The fraction of sp³-hybridized carbons (Fsp3) is 0.533. The summed E-state index contributed by atoms with van der Waals surface area (Å²) in [6, 6.07) is 4.64. The molecule has 0 spiro atoms. The number of hydrogen-bond acceptors (Lipinski definition) is 4. The molecule has 1 saturated heterocycles. The molecule has 0 aliphatic carbocycles. The Hall–Kier alpha value is -2.15. The fourth-order valence-electron chi connectivity index (χ4n) is 3.02. The Morgan fingerprint density at radius 1 is 1.23 bits per heavy atom. The third-order valence-corrected chi connectivity index (χ3v) is 4.08. The molecule has 2 atom stereocenters. The Labute approximate surface area is 128 Å². The summed E-state index contributed by atoms with van der Waals surface area (Å²) in [6.45, 7) is 0.682. The van der Waals surface area contributed by atoms with Gasteiger partial charge in [0, 0.05) is 50.3 Å². The van der Waals surface area contributed by atoms with Gasteiger partial charge in [-0.2, -0.15) is 0 Å². The number of hydrogen-bond donors (Lipinski definition) is 2. The minimum Gasteiger partial charge on any atom is -0.370 e. The minimum atomic E-state index is -0.417. The Morgan fingerprint density at radius 2 is 1.95 bits per heavy atom. The van der Waals surface area contributed by atoms with E-state index in [1.165, 1.54) is 10.6 Å². The van der Waals surface area contributed by atoms with Crippen LogP contribution in [0.15, 0.2) is 29.2 Å². The number of likely N-dealkylation sites (tertiary alicyclic amines) is 1. The first kappa shape index (κ1) is 16.2. The van der Waals surface area contributed by atoms with Crippen molar-refractivity contribution in [3.63, 3.8) is 0 Å². The van der Waals surface area contributed by atoms with E-state index in [4.69, 9.17) is 11.5 Å². The average Bonchev–Trinajstić information content (AvgIpc) is 2.88. The Morgan fingerprint density at radius 3 is 2.59 bits per heavy atom. The van der Waals surface area contributed by atoms with Gasteiger partial charge in [-0.3, -0.25) is 14.4 Å². The number of amides is 2. The molecule has 0 aromatic carbocycles. The van der Waals surface area contributed by atoms with Crippen molar-refractivity contribution >= 4 is 11.8 Å². The lowest BCUT2D eigenvalue weighted by Gasteiger charge is -2.29. The summed E-state index contributed by atoms with van der Waals surface area (Å²) in [7, 11) is 0. The van der Waals surface area contributed by atoms with Gasteiger partial charge in [-0.05, 0) is 18.9 Å². The Kier molecular flexibility index (Phi) is 5.32. The van der Waals surface area contributed by atoms with Gasteiger partial charge in [0.2, 0.25) is 11.8 Å². The second-order valence-corrected chi connectivity index (χ2v) is 5.57. The standard InChI is InChI=1S/C15H22N4O3/c16-10-12-5-4-11(9-13(17)20)19(12)15(22)6-8-18-7-2-1-3-14(18)21/h1-3,7,11-12H,4-6,8-10,16H2,(H2,17,20)/t11-,12+/m1/s1. The number of rotatable bonds is 6. The lowest BCUT2D eigenvalue weighted by atomic mass is 10.1. The number of nitrogens with zero attached hydrogens (tertiary/aromatic N) is 2. The van der Waals surface area contributed by atoms with E-state index in [2.05, 4.69) is 0 Å². The molecule has 2 amide bonds. The van der Waals surface area contributed by atoms with Gasteiger partial charge in [0.15, 0.2) is 0 Å². The first-order chi connectivity index (χ1) is 10.5. The summed E-state index contributed by atoms with van der Waals surface area (Å²) in [5.41, 5.74) is 10.8. The smallest absolute Gasteiger partial charge is 0.250 e. The number of primary amides is 1. The lowest BCUT2D eigenvalue weighted by molar-refractivity contribution is -0.135. The Balaban J connectivity index is 2.03. The molecule has 2 heterocycles. The van der Waals surface area contributed by atoms with E-state index >= 15 is 0 Å². The molecule has 7 nitrogen and oxygen atoms in total. The maximum absolute atomic E-state index is 12.5. The van der Waals surface area contributed by atoms with Crippen LogP contribution in [0.1, 0.15) is 25.7 Å². The van der Waals surface area contributed by atoms with Crippen LogP contribution in [0.25, 0.3) is 0 Å². The maximum Gasteiger partial charge on any atom is 0.250 e. The molecular weight excluding hydrogens is 284 g/mol. The van der Waals surface area contributed by atoms with Crippen LogP contribution in [0, 0.1) is 0 Å². The van der Waals surface area contributed by atoms with E-state index in [-0.39, 0.29) is 36.4 Å². The summed E-state index contributed by atoms with van der Waals surface area (Å²) in [5.74, 6) is -0.505. The number of carbonyl (C=O) groups excluding carboxylic acids is 2. The highest BCUT2D eigenvalue weighted by molar-refractivity contribution is 5.79. The number of nitrogens with two attached hydrogens (primary N) is 2. The SMILES string of the molecule is NC[C@@H]1CC[C@H](CC(N)=O)N1C(=O)CCn1ccccc1=O. The molecule has 0 bridgehead atoms. The van der Waals surface area contributed by atoms with Crippen LogP contribution in [-0.4, -0.2) is 39.9 Å². The Bertz CT molecular complexity index is 598. The predicted molar refractivity (Wildman–Crippen MR) is 81.8 cm³/mol. The minimum absolute atomic E-state index is 0.0515. The topological polar surface area (TPSA) is 111 Å². The first-order valence-corrected chi connectivity index (χ1v) is 7.48. The molecule has 1 aliphatic rings. The van der Waals surface area contributed by atoms with Crippen LogP contribution in [0.2, 0.25) is 0 Å². The van der Waals surface area contributed by atoms with E-state index in [1.807, 2.05) is 0 Å². The van der Waals surface area contributed by atoms with E-state index in [9.17, 15) is 14.4 Å². The summed E-state index contributed by atoms with van der Waals surface area (Å²) in [4.78, 5) is 37.0. The summed E-state index contributed by atoms with van der Waals surface area (Å²) < 4.78 is 1.49. The van der Waals surface area contributed by atoms with Crippen molar-refractivity contribution in [3.05, 3.63) is 34.7 Å². The van der Waals surface area contributed by atoms with Gasteiger partial charge in [-0.15, -0.1) is 0 Å². The summed E-state index contributed by atoms with van der Waals surface area (Å²) >= 11 is 0. The molecule has 2 rings (SSSR count). The second kappa shape index (κ2) is 7.22. The molecular formula is C15H22N4O3. The third-order valence-electron chi connectivity index (χ3n) is 4.08. The zero-order valence-electron chi connectivity index (χ0n) is 12.5. The van der Waals surface area contributed by atoms with Crippen molar-refractivity contribution in [1.82, 2.24) is 9.47 Å².